The van der Waals surface area contributed by atoms with Crippen LogP contribution in [-0.2, 0) is 0 Å². The molecule has 0 radical (unpaired) electrons. The maximum absolute atomic E-state index is 12.2. The number of carbonyl (C=O) groups is 1. The van der Waals surface area contributed by atoms with Gasteiger partial charge in [0.25, 0.3) is 5.91 Å². The fourth-order valence-corrected chi connectivity index (χ4v) is 2.45. The zero-order valence-corrected chi connectivity index (χ0v) is 16.4. The van der Waals surface area contributed by atoms with Crippen LogP contribution in [0.25, 0.3) is 0 Å². The highest BCUT2D eigenvalue weighted by molar-refractivity contribution is 9.10. The Hall–Kier alpha value is -1.14. The third-order valence-electron chi connectivity index (χ3n) is 3.19. The molecular formula is C17H25BrN2O2S. The van der Waals surface area contributed by atoms with Gasteiger partial charge in [-0.3, -0.25) is 10.1 Å². The van der Waals surface area contributed by atoms with Crippen molar-refractivity contribution in [2.45, 2.75) is 40.0 Å². The molecule has 4 nitrogen and oxygen atoms in total. The maximum Gasteiger partial charge on any atom is 0.257 e. The van der Waals surface area contributed by atoms with E-state index in [0.717, 1.165) is 36.0 Å². The lowest BCUT2D eigenvalue weighted by Gasteiger charge is -2.12. The van der Waals surface area contributed by atoms with Crippen LogP contribution in [0.2, 0.25) is 0 Å². The third-order valence-corrected chi connectivity index (χ3v) is 4.06. The van der Waals surface area contributed by atoms with E-state index >= 15 is 0 Å². The summed E-state index contributed by atoms with van der Waals surface area (Å²) in [7, 11) is 0. The third kappa shape index (κ3) is 7.79. The van der Waals surface area contributed by atoms with Gasteiger partial charge in [0.2, 0.25) is 0 Å². The predicted molar refractivity (Wildman–Crippen MR) is 102 cm³/mol. The van der Waals surface area contributed by atoms with Crippen molar-refractivity contribution in [2.75, 3.05) is 13.2 Å². The van der Waals surface area contributed by atoms with E-state index < -0.39 is 0 Å². The number of unbranched alkanes of at least 4 members (excludes halogenated alkanes) is 1. The minimum atomic E-state index is -0.228. The molecule has 1 aromatic carbocycles. The molecule has 0 aliphatic heterocycles. The van der Waals surface area contributed by atoms with E-state index in [0.29, 0.717) is 23.2 Å². The quantitative estimate of drug-likeness (QED) is 0.504. The number of benzene rings is 1. The molecule has 0 aromatic heterocycles. The number of halogens is 1. The van der Waals surface area contributed by atoms with Crippen molar-refractivity contribution in [3.05, 3.63) is 28.2 Å². The fourth-order valence-electron chi connectivity index (χ4n) is 1.76. The van der Waals surface area contributed by atoms with Crippen LogP contribution < -0.4 is 15.4 Å². The Morgan fingerprint density at radius 1 is 1.39 bits per heavy atom. The van der Waals surface area contributed by atoms with Crippen LogP contribution in [0, 0.1) is 5.92 Å². The highest BCUT2D eigenvalue weighted by Gasteiger charge is 2.11. The van der Waals surface area contributed by atoms with Gasteiger partial charge in [-0.15, -0.1) is 0 Å². The zero-order chi connectivity index (χ0) is 17.2. The molecule has 0 bridgehead atoms. The van der Waals surface area contributed by atoms with E-state index in [-0.39, 0.29) is 5.91 Å². The first-order valence-corrected chi connectivity index (χ1v) is 9.15. The highest BCUT2D eigenvalue weighted by atomic mass is 79.9. The minimum absolute atomic E-state index is 0.228. The van der Waals surface area contributed by atoms with Crippen LogP contribution in [0.3, 0.4) is 0 Å². The molecule has 0 heterocycles. The predicted octanol–water partition coefficient (Wildman–Crippen LogP) is 4.28. The topological polar surface area (TPSA) is 50.4 Å². The van der Waals surface area contributed by atoms with Crippen LogP contribution in [0.1, 0.15) is 50.4 Å². The van der Waals surface area contributed by atoms with E-state index in [1.165, 1.54) is 0 Å². The van der Waals surface area contributed by atoms with Crippen molar-refractivity contribution < 1.29 is 9.53 Å². The SMILES string of the molecule is CCCCNC(=S)NC(=O)c1ccc(OCCC(C)C)c(Br)c1. The molecule has 128 valence electrons. The lowest BCUT2D eigenvalue weighted by molar-refractivity contribution is 0.0976. The Bertz CT molecular complexity index is 535. The Morgan fingerprint density at radius 2 is 2.13 bits per heavy atom. The molecule has 1 aromatic rings. The molecule has 0 spiro atoms. The van der Waals surface area contributed by atoms with Crippen LogP contribution in [-0.4, -0.2) is 24.2 Å². The normalized spacial score (nSPS) is 10.5. The summed E-state index contributed by atoms with van der Waals surface area (Å²) in [6.07, 6.45) is 3.09. The molecule has 2 N–H and O–H groups in total. The Morgan fingerprint density at radius 3 is 2.74 bits per heavy atom. The van der Waals surface area contributed by atoms with E-state index in [9.17, 15) is 4.79 Å². The number of ether oxygens (including phenoxy) is 1. The van der Waals surface area contributed by atoms with Gasteiger partial charge in [-0.05, 0) is 65.1 Å². The molecule has 0 fully saturated rings. The number of hydrogen-bond donors (Lipinski definition) is 2. The lowest BCUT2D eigenvalue weighted by Crippen LogP contribution is -2.39. The summed E-state index contributed by atoms with van der Waals surface area (Å²) < 4.78 is 6.47. The molecule has 0 atom stereocenters. The van der Waals surface area contributed by atoms with Gasteiger partial charge in [-0.1, -0.05) is 27.2 Å². The highest BCUT2D eigenvalue weighted by Crippen LogP contribution is 2.26. The summed E-state index contributed by atoms with van der Waals surface area (Å²) in [4.78, 5) is 12.2. The summed E-state index contributed by atoms with van der Waals surface area (Å²) in [5.41, 5.74) is 0.535. The van der Waals surface area contributed by atoms with Crippen LogP contribution >= 0.6 is 28.1 Å². The number of amides is 1. The monoisotopic (exact) mass is 400 g/mol. The number of thiocarbonyl (C=S) groups is 1. The van der Waals surface area contributed by atoms with E-state index in [2.05, 4.69) is 47.3 Å². The van der Waals surface area contributed by atoms with Gasteiger partial charge in [-0.2, -0.15) is 0 Å². The Balaban J connectivity index is 2.55. The van der Waals surface area contributed by atoms with Crippen LogP contribution in [0.5, 0.6) is 5.75 Å². The molecule has 0 aliphatic carbocycles. The van der Waals surface area contributed by atoms with Crippen LogP contribution in [0.15, 0.2) is 22.7 Å². The first-order valence-electron chi connectivity index (χ1n) is 7.95. The first-order chi connectivity index (χ1) is 10.9. The van der Waals surface area contributed by atoms with Crippen molar-refractivity contribution >= 4 is 39.2 Å². The first kappa shape index (κ1) is 19.9. The van der Waals surface area contributed by atoms with Gasteiger partial charge in [0, 0.05) is 12.1 Å². The second-order valence-corrected chi connectivity index (χ2v) is 7.00. The van der Waals surface area contributed by atoms with Gasteiger partial charge in [-0.25, -0.2) is 0 Å². The molecule has 0 saturated heterocycles. The van der Waals surface area contributed by atoms with Crippen molar-refractivity contribution in [1.82, 2.24) is 10.6 Å². The minimum Gasteiger partial charge on any atom is -0.492 e. The molecule has 23 heavy (non-hydrogen) atoms. The standard InChI is InChI=1S/C17H25BrN2O2S/c1-4-5-9-19-17(23)20-16(21)13-6-7-15(14(18)11-13)22-10-8-12(2)3/h6-7,11-12H,4-5,8-10H2,1-3H3,(H2,19,20,21,23). The molecule has 0 aliphatic rings. The van der Waals surface area contributed by atoms with Crippen molar-refractivity contribution in [1.29, 1.82) is 0 Å². The summed E-state index contributed by atoms with van der Waals surface area (Å²) >= 11 is 8.55. The molecule has 6 heteroatoms. The van der Waals surface area contributed by atoms with E-state index in [4.69, 9.17) is 17.0 Å². The molecule has 1 amide bonds. The summed E-state index contributed by atoms with van der Waals surface area (Å²) in [5.74, 6) is 1.11. The zero-order valence-electron chi connectivity index (χ0n) is 13.9. The van der Waals surface area contributed by atoms with Gasteiger partial charge >= 0.3 is 0 Å². The lowest BCUT2D eigenvalue weighted by atomic mass is 10.1. The average Bonchev–Trinajstić information content (AvgIpc) is 2.48. The Kier molecular flexibility index (Phi) is 9.17. The maximum atomic E-state index is 12.2. The summed E-state index contributed by atoms with van der Waals surface area (Å²) in [6, 6.07) is 5.28. The van der Waals surface area contributed by atoms with E-state index in [1.54, 1.807) is 18.2 Å². The summed E-state index contributed by atoms with van der Waals surface area (Å²) in [5, 5.41) is 6.05. The second-order valence-electron chi connectivity index (χ2n) is 5.74. The second kappa shape index (κ2) is 10.6. The molecular weight excluding hydrogens is 376 g/mol. The molecule has 0 saturated carbocycles. The van der Waals surface area contributed by atoms with Crippen molar-refractivity contribution in [3.8, 4) is 5.75 Å². The number of carbonyl (C=O) groups excluding carboxylic acids is 1. The van der Waals surface area contributed by atoms with Crippen LogP contribution in [0.4, 0.5) is 0 Å². The van der Waals surface area contributed by atoms with E-state index in [1.807, 2.05) is 0 Å². The average molecular weight is 401 g/mol. The largest absolute Gasteiger partial charge is 0.492 e. The number of hydrogen-bond acceptors (Lipinski definition) is 3. The van der Waals surface area contributed by atoms with Gasteiger partial charge in [0.1, 0.15) is 5.75 Å². The van der Waals surface area contributed by atoms with Crippen molar-refractivity contribution in [3.63, 3.8) is 0 Å². The summed E-state index contributed by atoms with van der Waals surface area (Å²) in [6.45, 7) is 7.84. The Labute approximate surface area is 152 Å². The smallest absolute Gasteiger partial charge is 0.257 e. The van der Waals surface area contributed by atoms with Gasteiger partial charge < -0.3 is 10.1 Å². The number of rotatable bonds is 8. The van der Waals surface area contributed by atoms with Gasteiger partial charge in [0.05, 0.1) is 11.1 Å². The number of nitrogens with one attached hydrogen (secondary N) is 2. The fraction of sp³-hybridized carbons (Fsp3) is 0.529. The molecule has 0 unspecified atom stereocenters. The van der Waals surface area contributed by atoms with Crippen molar-refractivity contribution in [2.24, 2.45) is 5.92 Å². The van der Waals surface area contributed by atoms with Gasteiger partial charge in [0.15, 0.2) is 5.11 Å². The molecule has 1 rings (SSSR count).